The predicted octanol–water partition coefficient (Wildman–Crippen LogP) is 2.15. The van der Waals surface area contributed by atoms with Gasteiger partial charge in [-0.05, 0) is 31.4 Å². The molecule has 2 aliphatic heterocycles. The zero-order valence-electron chi connectivity index (χ0n) is 14.7. The van der Waals surface area contributed by atoms with Crippen molar-refractivity contribution in [3.8, 4) is 0 Å². The Labute approximate surface area is 144 Å². The SMILES string of the molecule is CC(=O)N1CCN(Cc2ccc3n2CCCN=C3C2CCC2)CC1. The van der Waals surface area contributed by atoms with Crippen molar-refractivity contribution in [1.29, 1.82) is 0 Å². The van der Waals surface area contributed by atoms with Gasteiger partial charge in [0, 0.05) is 64.3 Å². The van der Waals surface area contributed by atoms with E-state index in [9.17, 15) is 4.79 Å². The highest BCUT2D eigenvalue weighted by molar-refractivity contribution is 6.01. The molecule has 130 valence electrons. The number of aliphatic imine (C=N–C) groups is 1. The van der Waals surface area contributed by atoms with E-state index in [4.69, 9.17) is 4.99 Å². The van der Waals surface area contributed by atoms with Crippen LogP contribution in [0.1, 0.15) is 44.0 Å². The number of piperazine rings is 1. The van der Waals surface area contributed by atoms with Crippen LogP contribution in [0, 0.1) is 5.92 Å². The molecular weight excluding hydrogens is 300 g/mol. The summed E-state index contributed by atoms with van der Waals surface area (Å²) in [4.78, 5) is 20.8. The molecular formula is C19H28N4O. The van der Waals surface area contributed by atoms with Gasteiger partial charge >= 0.3 is 0 Å². The maximum atomic E-state index is 11.5. The number of carbonyl (C=O) groups is 1. The van der Waals surface area contributed by atoms with Gasteiger partial charge in [0.2, 0.25) is 5.91 Å². The van der Waals surface area contributed by atoms with Crippen LogP contribution in [0.25, 0.3) is 0 Å². The Hall–Kier alpha value is -1.62. The Bertz CT molecular complexity index is 636. The molecule has 3 heterocycles. The third-order valence-corrected chi connectivity index (χ3v) is 5.85. The standard InChI is InChI=1S/C19H28N4O/c1-15(24)22-12-10-21(11-13-22)14-17-6-7-18-19(16-4-2-5-16)20-8-3-9-23(17)18/h6-7,16H,2-5,8-14H2,1H3. The van der Waals surface area contributed by atoms with E-state index in [0.717, 1.165) is 52.2 Å². The van der Waals surface area contributed by atoms with Gasteiger partial charge in [-0.15, -0.1) is 0 Å². The van der Waals surface area contributed by atoms with Crippen LogP contribution in [-0.2, 0) is 17.9 Å². The Morgan fingerprint density at radius 1 is 1.12 bits per heavy atom. The van der Waals surface area contributed by atoms with E-state index >= 15 is 0 Å². The van der Waals surface area contributed by atoms with E-state index < -0.39 is 0 Å². The number of nitrogens with zero attached hydrogens (tertiary/aromatic N) is 4. The Morgan fingerprint density at radius 2 is 1.92 bits per heavy atom. The normalized spacial score (nSPS) is 22.5. The van der Waals surface area contributed by atoms with Crippen LogP contribution >= 0.6 is 0 Å². The van der Waals surface area contributed by atoms with Gasteiger partial charge in [-0.1, -0.05) is 6.42 Å². The van der Waals surface area contributed by atoms with E-state index in [1.807, 2.05) is 4.90 Å². The third-order valence-electron chi connectivity index (χ3n) is 5.85. The Balaban J connectivity index is 1.47. The zero-order valence-corrected chi connectivity index (χ0v) is 14.7. The van der Waals surface area contributed by atoms with Crippen molar-refractivity contribution in [1.82, 2.24) is 14.4 Å². The van der Waals surface area contributed by atoms with Crippen molar-refractivity contribution >= 4 is 11.6 Å². The lowest BCUT2D eigenvalue weighted by molar-refractivity contribution is -0.130. The second-order valence-corrected chi connectivity index (χ2v) is 7.39. The summed E-state index contributed by atoms with van der Waals surface area (Å²) in [6.07, 6.45) is 5.12. The molecule has 1 aliphatic carbocycles. The van der Waals surface area contributed by atoms with Gasteiger partial charge in [0.25, 0.3) is 0 Å². The molecule has 4 rings (SSSR count). The first kappa shape index (κ1) is 15.9. The first-order valence-corrected chi connectivity index (χ1v) is 9.43. The highest BCUT2D eigenvalue weighted by Crippen LogP contribution is 2.32. The van der Waals surface area contributed by atoms with Crippen LogP contribution in [0.2, 0.25) is 0 Å². The molecule has 0 atom stereocenters. The van der Waals surface area contributed by atoms with Gasteiger partial charge in [0.15, 0.2) is 0 Å². The summed E-state index contributed by atoms with van der Waals surface area (Å²) in [6, 6.07) is 4.59. The average molecular weight is 328 g/mol. The van der Waals surface area contributed by atoms with Gasteiger partial charge in [0.1, 0.15) is 0 Å². The minimum Gasteiger partial charge on any atom is -0.342 e. The minimum absolute atomic E-state index is 0.201. The molecule has 1 amide bonds. The van der Waals surface area contributed by atoms with Gasteiger partial charge in [0.05, 0.1) is 11.4 Å². The second-order valence-electron chi connectivity index (χ2n) is 7.39. The number of hydrogen-bond donors (Lipinski definition) is 0. The van der Waals surface area contributed by atoms with E-state index in [0.29, 0.717) is 5.92 Å². The lowest BCUT2D eigenvalue weighted by Crippen LogP contribution is -2.47. The summed E-state index contributed by atoms with van der Waals surface area (Å²) in [5.74, 6) is 0.899. The lowest BCUT2D eigenvalue weighted by atomic mass is 9.80. The predicted molar refractivity (Wildman–Crippen MR) is 95.3 cm³/mol. The Morgan fingerprint density at radius 3 is 2.58 bits per heavy atom. The summed E-state index contributed by atoms with van der Waals surface area (Å²) in [5.41, 5.74) is 4.15. The highest BCUT2D eigenvalue weighted by Gasteiger charge is 2.28. The quantitative estimate of drug-likeness (QED) is 0.853. The van der Waals surface area contributed by atoms with Gasteiger partial charge in [-0.25, -0.2) is 0 Å². The summed E-state index contributed by atoms with van der Waals surface area (Å²) in [5, 5.41) is 0. The fourth-order valence-electron chi connectivity index (χ4n) is 4.11. The summed E-state index contributed by atoms with van der Waals surface area (Å²) >= 11 is 0. The van der Waals surface area contributed by atoms with Crippen molar-refractivity contribution in [3.05, 3.63) is 23.5 Å². The zero-order chi connectivity index (χ0) is 16.5. The molecule has 1 saturated carbocycles. The van der Waals surface area contributed by atoms with Gasteiger partial charge < -0.3 is 9.47 Å². The van der Waals surface area contributed by atoms with Gasteiger partial charge in [-0.3, -0.25) is 14.7 Å². The van der Waals surface area contributed by atoms with Crippen molar-refractivity contribution in [3.63, 3.8) is 0 Å². The molecule has 3 aliphatic rings. The number of aromatic nitrogens is 1. The molecule has 0 unspecified atom stereocenters. The molecule has 1 saturated heterocycles. The smallest absolute Gasteiger partial charge is 0.219 e. The van der Waals surface area contributed by atoms with E-state index in [-0.39, 0.29) is 5.91 Å². The van der Waals surface area contributed by atoms with E-state index in [2.05, 4.69) is 21.6 Å². The Kier molecular flexibility index (Phi) is 4.44. The van der Waals surface area contributed by atoms with Crippen LogP contribution in [-0.4, -0.2) is 58.7 Å². The second kappa shape index (κ2) is 6.71. The average Bonchev–Trinajstić information content (AvgIpc) is 2.80. The maximum absolute atomic E-state index is 11.5. The summed E-state index contributed by atoms with van der Waals surface area (Å²) < 4.78 is 2.52. The molecule has 1 aromatic rings. The van der Waals surface area contributed by atoms with Crippen molar-refractivity contribution in [2.75, 3.05) is 32.7 Å². The van der Waals surface area contributed by atoms with Crippen LogP contribution < -0.4 is 0 Å². The number of amides is 1. The fourth-order valence-corrected chi connectivity index (χ4v) is 4.11. The molecule has 1 aromatic heterocycles. The topological polar surface area (TPSA) is 40.8 Å². The molecule has 24 heavy (non-hydrogen) atoms. The molecule has 0 aromatic carbocycles. The van der Waals surface area contributed by atoms with E-state index in [1.54, 1.807) is 6.92 Å². The number of carbonyl (C=O) groups excluding carboxylic acids is 1. The van der Waals surface area contributed by atoms with E-state index in [1.165, 1.54) is 36.4 Å². The van der Waals surface area contributed by atoms with Crippen LogP contribution in [0.15, 0.2) is 17.1 Å². The molecule has 2 fully saturated rings. The number of rotatable bonds is 3. The first-order valence-electron chi connectivity index (χ1n) is 9.43. The van der Waals surface area contributed by atoms with Crippen LogP contribution in [0.4, 0.5) is 0 Å². The molecule has 5 nitrogen and oxygen atoms in total. The number of hydrogen-bond acceptors (Lipinski definition) is 3. The van der Waals surface area contributed by atoms with Crippen molar-refractivity contribution in [2.24, 2.45) is 10.9 Å². The molecule has 5 heteroatoms. The van der Waals surface area contributed by atoms with Crippen molar-refractivity contribution in [2.45, 2.75) is 45.7 Å². The highest BCUT2D eigenvalue weighted by atomic mass is 16.2. The monoisotopic (exact) mass is 328 g/mol. The fraction of sp³-hybridized carbons (Fsp3) is 0.684. The van der Waals surface area contributed by atoms with Gasteiger partial charge in [-0.2, -0.15) is 0 Å². The lowest BCUT2D eigenvalue weighted by Gasteiger charge is -2.34. The molecule has 0 spiro atoms. The third kappa shape index (κ3) is 3.02. The molecule has 0 N–H and O–H groups in total. The number of fused-ring (bicyclic) bond motifs is 1. The first-order chi connectivity index (χ1) is 11.7. The van der Waals surface area contributed by atoms with Crippen molar-refractivity contribution < 1.29 is 4.79 Å². The largest absolute Gasteiger partial charge is 0.342 e. The summed E-state index contributed by atoms with van der Waals surface area (Å²) in [6.45, 7) is 8.39. The molecule has 0 radical (unpaired) electrons. The van der Waals surface area contributed by atoms with Crippen LogP contribution in [0.5, 0.6) is 0 Å². The molecule has 0 bridgehead atoms. The summed E-state index contributed by atoms with van der Waals surface area (Å²) in [7, 11) is 0. The minimum atomic E-state index is 0.201. The van der Waals surface area contributed by atoms with Crippen LogP contribution in [0.3, 0.4) is 0 Å². The maximum Gasteiger partial charge on any atom is 0.219 e.